The molecule has 0 unspecified atom stereocenters. The molecule has 12 heteroatoms. The third-order valence-corrected chi connectivity index (χ3v) is 4.96. The topological polar surface area (TPSA) is 33.6 Å². The van der Waals surface area contributed by atoms with Crippen LogP contribution in [0.1, 0.15) is 16.7 Å². The van der Waals surface area contributed by atoms with Crippen LogP contribution in [0.2, 0.25) is 10.0 Å². The van der Waals surface area contributed by atoms with Gasteiger partial charge in [-0.3, -0.25) is 5.43 Å². The fraction of sp³-hybridized carbons (Fsp3) is 0.0952. The summed E-state index contributed by atoms with van der Waals surface area (Å²) in [4.78, 5) is 0. The van der Waals surface area contributed by atoms with Crippen LogP contribution in [-0.2, 0) is 12.8 Å². The minimum atomic E-state index is -5.64. The number of nitrogens with zero attached hydrogens (tertiary/aromatic N) is 1. The number of benzene rings is 3. The van der Waals surface area contributed by atoms with Gasteiger partial charge in [-0.25, -0.2) is 17.6 Å². The van der Waals surface area contributed by atoms with Crippen LogP contribution in [0.3, 0.4) is 0 Å². The maximum absolute atomic E-state index is 13.9. The van der Waals surface area contributed by atoms with Crippen molar-refractivity contribution in [3.63, 3.8) is 0 Å². The van der Waals surface area contributed by atoms with E-state index in [4.69, 9.17) is 27.9 Å². The van der Waals surface area contributed by atoms with E-state index in [0.717, 1.165) is 6.21 Å². The van der Waals surface area contributed by atoms with Crippen LogP contribution in [0, 0.1) is 23.3 Å². The Morgan fingerprint density at radius 1 is 0.879 bits per heavy atom. The number of para-hydroxylation sites is 1. The molecule has 0 atom stereocenters. The molecule has 0 saturated carbocycles. The van der Waals surface area contributed by atoms with Gasteiger partial charge in [-0.05, 0) is 29.8 Å². The molecule has 0 aliphatic carbocycles. The van der Waals surface area contributed by atoms with Crippen molar-refractivity contribution in [3.05, 3.63) is 92.5 Å². The van der Waals surface area contributed by atoms with E-state index in [0.29, 0.717) is 15.6 Å². The average molecular weight is 511 g/mol. The Bertz CT molecular complexity index is 1190. The largest absolute Gasteiger partial charge is 0.488 e. The predicted molar refractivity (Wildman–Crippen MR) is 110 cm³/mol. The number of hydrazone groups is 1. The Kier molecular flexibility index (Phi) is 7.38. The molecule has 33 heavy (non-hydrogen) atoms. The fourth-order valence-corrected chi connectivity index (χ4v) is 2.97. The van der Waals surface area contributed by atoms with E-state index in [2.05, 4.69) is 5.10 Å². The number of hydrogen-bond acceptors (Lipinski definition) is 3. The lowest BCUT2D eigenvalue weighted by Crippen LogP contribution is -2.16. The lowest BCUT2D eigenvalue weighted by Gasteiger charge is -2.13. The summed E-state index contributed by atoms with van der Waals surface area (Å²) in [6.07, 6.45) is -4.64. The van der Waals surface area contributed by atoms with E-state index in [-0.39, 0.29) is 17.9 Å². The van der Waals surface area contributed by atoms with E-state index in [1.54, 1.807) is 35.8 Å². The number of halogens is 9. The number of alkyl halides is 3. The van der Waals surface area contributed by atoms with Crippen molar-refractivity contribution in [3.8, 4) is 5.75 Å². The molecule has 1 N–H and O–H groups in total. The second-order valence-electron chi connectivity index (χ2n) is 6.45. The van der Waals surface area contributed by atoms with Gasteiger partial charge in [0, 0.05) is 5.56 Å². The number of ether oxygens (including phenoxy) is 1. The van der Waals surface area contributed by atoms with Gasteiger partial charge in [-0.15, -0.1) is 0 Å². The molecule has 0 radical (unpaired) electrons. The van der Waals surface area contributed by atoms with Crippen molar-refractivity contribution in [1.82, 2.24) is 0 Å². The standard InChI is InChI=1S/C21H11Cl2F7N2O/c22-12-6-5-10(7-13(12)23)9-33-14-4-2-1-3-11(14)8-31-32-20-18(26)16(24)15(21(28,29)30)17(25)19(20)27/h1-8,32H,9H2. The molecule has 0 fully saturated rings. The molecule has 0 bridgehead atoms. The molecule has 3 nitrogen and oxygen atoms in total. The summed E-state index contributed by atoms with van der Waals surface area (Å²) in [5.41, 5.74) is -1.56. The highest BCUT2D eigenvalue weighted by Crippen LogP contribution is 2.38. The quantitative estimate of drug-likeness (QED) is 0.160. The summed E-state index contributed by atoms with van der Waals surface area (Å²) >= 11 is 11.8. The zero-order chi connectivity index (χ0) is 24.3. The van der Waals surface area contributed by atoms with Crippen LogP contribution in [-0.4, -0.2) is 6.21 Å². The zero-order valence-electron chi connectivity index (χ0n) is 16.1. The Labute approximate surface area is 192 Å². The first-order valence-corrected chi connectivity index (χ1v) is 9.64. The maximum Gasteiger partial charge on any atom is 0.422 e. The molecular formula is C21H11Cl2F7N2O. The first kappa shape index (κ1) is 24.7. The summed E-state index contributed by atoms with van der Waals surface area (Å²) in [7, 11) is 0. The third kappa shape index (κ3) is 5.51. The van der Waals surface area contributed by atoms with Crippen LogP contribution in [0.25, 0.3) is 0 Å². The second-order valence-corrected chi connectivity index (χ2v) is 7.26. The van der Waals surface area contributed by atoms with Gasteiger partial charge in [0.1, 0.15) is 23.6 Å². The summed E-state index contributed by atoms with van der Waals surface area (Å²) < 4.78 is 98.9. The Morgan fingerprint density at radius 3 is 2.12 bits per heavy atom. The van der Waals surface area contributed by atoms with Gasteiger partial charge in [0.2, 0.25) is 0 Å². The van der Waals surface area contributed by atoms with E-state index in [1.165, 1.54) is 12.1 Å². The maximum atomic E-state index is 13.9. The van der Waals surface area contributed by atoms with Crippen molar-refractivity contribution >= 4 is 35.1 Å². The second kappa shape index (κ2) is 9.88. The summed E-state index contributed by atoms with van der Waals surface area (Å²) in [6.45, 7) is 0.0632. The smallest absolute Gasteiger partial charge is 0.422 e. The van der Waals surface area contributed by atoms with E-state index < -0.39 is 40.7 Å². The monoisotopic (exact) mass is 510 g/mol. The Hall–Kier alpha value is -2.98. The molecule has 0 aliphatic rings. The highest BCUT2D eigenvalue weighted by Gasteiger charge is 2.42. The van der Waals surface area contributed by atoms with Crippen LogP contribution >= 0.6 is 23.2 Å². The van der Waals surface area contributed by atoms with Gasteiger partial charge < -0.3 is 4.74 Å². The molecule has 174 valence electrons. The van der Waals surface area contributed by atoms with Gasteiger partial charge in [0.05, 0.1) is 16.3 Å². The minimum absolute atomic E-state index is 0.0632. The fourth-order valence-electron chi connectivity index (χ4n) is 2.65. The molecular weight excluding hydrogens is 500 g/mol. The number of anilines is 1. The van der Waals surface area contributed by atoms with Crippen molar-refractivity contribution in [2.24, 2.45) is 5.10 Å². The summed E-state index contributed by atoms with van der Waals surface area (Å²) in [5.74, 6) is -9.47. The van der Waals surface area contributed by atoms with Gasteiger partial charge in [-0.1, -0.05) is 41.4 Å². The van der Waals surface area contributed by atoms with Crippen LogP contribution in [0.4, 0.5) is 36.4 Å². The number of hydrogen-bond donors (Lipinski definition) is 1. The van der Waals surface area contributed by atoms with Crippen molar-refractivity contribution < 1.29 is 35.5 Å². The molecule has 3 rings (SSSR count). The van der Waals surface area contributed by atoms with Gasteiger partial charge >= 0.3 is 6.18 Å². The average Bonchev–Trinajstić information content (AvgIpc) is 2.75. The van der Waals surface area contributed by atoms with Crippen molar-refractivity contribution in [1.29, 1.82) is 0 Å². The van der Waals surface area contributed by atoms with Crippen LogP contribution in [0.15, 0.2) is 47.6 Å². The lowest BCUT2D eigenvalue weighted by molar-refractivity contribution is -0.143. The third-order valence-electron chi connectivity index (χ3n) is 4.22. The number of rotatable bonds is 6. The first-order chi connectivity index (χ1) is 15.5. The van der Waals surface area contributed by atoms with E-state index in [9.17, 15) is 30.7 Å². The molecule has 0 amide bonds. The molecule has 3 aromatic rings. The van der Waals surface area contributed by atoms with E-state index in [1.807, 2.05) is 0 Å². The van der Waals surface area contributed by atoms with Crippen molar-refractivity contribution in [2.75, 3.05) is 5.43 Å². The molecule has 0 spiro atoms. The molecule has 0 saturated heterocycles. The van der Waals surface area contributed by atoms with Gasteiger partial charge in [0.25, 0.3) is 0 Å². The first-order valence-electron chi connectivity index (χ1n) is 8.88. The SMILES string of the molecule is Fc1c(F)c(C(F)(F)F)c(F)c(F)c1NN=Cc1ccccc1OCc1ccc(Cl)c(Cl)c1. The molecule has 3 aromatic carbocycles. The Morgan fingerprint density at radius 2 is 1.52 bits per heavy atom. The van der Waals surface area contributed by atoms with Crippen molar-refractivity contribution in [2.45, 2.75) is 12.8 Å². The van der Waals surface area contributed by atoms with E-state index >= 15 is 0 Å². The highest BCUT2D eigenvalue weighted by atomic mass is 35.5. The normalized spacial score (nSPS) is 11.8. The van der Waals surface area contributed by atoms with Gasteiger partial charge in [-0.2, -0.15) is 18.3 Å². The summed E-state index contributed by atoms with van der Waals surface area (Å²) in [5, 5.41) is 4.13. The molecule has 0 aromatic heterocycles. The number of nitrogens with one attached hydrogen (secondary N) is 1. The zero-order valence-corrected chi connectivity index (χ0v) is 17.6. The van der Waals surface area contributed by atoms with Gasteiger partial charge in [0.15, 0.2) is 23.3 Å². The Balaban J connectivity index is 1.81. The minimum Gasteiger partial charge on any atom is -0.488 e. The van der Waals surface area contributed by atoms with Crippen LogP contribution in [0.5, 0.6) is 5.75 Å². The highest BCUT2D eigenvalue weighted by molar-refractivity contribution is 6.42. The lowest BCUT2D eigenvalue weighted by atomic mass is 10.1. The van der Waals surface area contributed by atoms with Crippen LogP contribution < -0.4 is 10.2 Å². The molecule has 0 aliphatic heterocycles. The predicted octanol–water partition coefficient (Wildman–Crippen LogP) is 7.59. The summed E-state index contributed by atoms with van der Waals surface area (Å²) in [6, 6.07) is 11.1. The molecule has 0 heterocycles.